The van der Waals surface area contributed by atoms with Gasteiger partial charge >= 0.3 is 6.18 Å². The Labute approximate surface area is 163 Å². The van der Waals surface area contributed by atoms with E-state index >= 15 is 0 Å². The van der Waals surface area contributed by atoms with Gasteiger partial charge in [-0.1, -0.05) is 0 Å². The van der Waals surface area contributed by atoms with E-state index < -0.39 is 11.9 Å². The van der Waals surface area contributed by atoms with E-state index in [-0.39, 0.29) is 17.4 Å². The second-order valence-corrected chi connectivity index (χ2v) is 6.86. The SMILES string of the molecule is Cn1c(N2CCC(Nc3cc(C(F)(F)F)ncn3)CC2)nc2cnccc2c1=O. The second kappa shape index (κ2) is 7.30. The first-order valence-corrected chi connectivity index (χ1v) is 9.04. The number of nitrogens with zero attached hydrogens (tertiary/aromatic N) is 6. The van der Waals surface area contributed by atoms with Crippen LogP contribution >= 0.6 is 0 Å². The zero-order chi connectivity index (χ0) is 20.6. The molecule has 0 bridgehead atoms. The molecule has 8 nitrogen and oxygen atoms in total. The molecule has 0 atom stereocenters. The molecule has 1 aliphatic heterocycles. The fourth-order valence-electron chi connectivity index (χ4n) is 3.42. The molecule has 4 heterocycles. The first-order chi connectivity index (χ1) is 13.8. The number of anilines is 2. The summed E-state index contributed by atoms with van der Waals surface area (Å²) in [6, 6.07) is 2.51. The van der Waals surface area contributed by atoms with Gasteiger partial charge in [-0.05, 0) is 18.9 Å². The largest absolute Gasteiger partial charge is 0.433 e. The molecule has 3 aromatic heterocycles. The third-order valence-corrected chi connectivity index (χ3v) is 4.94. The highest BCUT2D eigenvalue weighted by atomic mass is 19.4. The summed E-state index contributed by atoms with van der Waals surface area (Å²) in [5.41, 5.74) is -0.587. The molecule has 11 heteroatoms. The number of halogens is 3. The molecule has 4 rings (SSSR count). The molecule has 1 aliphatic rings. The first kappa shape index (κ1) is 19.1. The van der Waals surface area contributed by atoms with Crippen LogP contribution in [0.15, 0.2) is 35.6 Å². The first-order valence-electron chi connectivity index (χ1n) is 9.04. The topological polar surface area (TPSA) is 88.8 Å². The van der Waals surface area contributed by atoms with Crippen LogP contribution in [0.1, 0.15) is 18.5 Å². The van der Waals surface area contributed by atoms with Gasteiger partial charge in [0.2, 0.25) is 5.95 Å². The van der Waals surface area contributed by atoms with E-state index in [4.69, 9.17) is 0 Å². The van der Waals surface area contributed by atoms with E-state index in [1.165, 1.54) is 4.57 Å². The summed E-state index contributed by atoms with van der Waals surface area (Å²) in [5, 5.41) is 3.55. The number of hydrogen-bond donors (Lipinski definition) is 1. The zero-order valence-corrected chi connectivity index (χ0v) is 15.5. The maximum absolute atomic E-state index is 12.8. The quantitative estimate of drug-likeness (QED) is 0.715. The molecule has 3 aromatic rings. The van der Waals surface area contributed by atoms with E-state index in [0.717, 1.165) is 12.4 Å². The van der Waals surface area contributed by atoms with Crippen LogP contribution in [0.3, 0.4) is 0 Å². The summed E-state index contributed by atoms with van der Waals surface area (Å²) in [5.74, 6) is 0.698. The summed E-state index contributed by atoms with van der Waals surface area (Å²) >= 11 is 0. The lowest BCUT2D eigenvalue weighted by atomic mass is 10.1. The summed E-state index contributed by atoms with van der Waals surface area (Å²) in [7, 11) is 1.68. The highest BCUT2D eigenvalue weighted by Gasteiger charge is 2.33. The summed E-state index contributed by atoms with van der Waals surface area (Å²) < 4.78 is 39.9. The van der Waals surface area contributed by atoms with Crippen molar-refractivity contribution in [2.45, 2.75) is 25.1 Å². The number of rotatable bonds is 3. The van der Waals surface area contributed by atoms with Crippen molar-refractivity contribution in [1.29, 1.82) is 0 Å². The Balaban J connectivity index is 1.47. The number of aromatic nitrogens is 5. The Morgan fingerprint density at radius 1 is 1.21 bits per heavy atom. The molecule has 1 saturated heterocycles. The van der Waals surface area contributed by atoms with Crippen LogP contribution in [0, 0.1) is 0 Å². The van der Waals surface area contributed by atoms with E-state index in [1.807, 2.05) is 4.90 Å². The minimum Gasteiger partial charge on any atom is -0.367 e. The van der Waals surface area contributed by atoms with E-state index in [2.05, 4.69) is 25.3 Å². The maximum atomic E-state index is 12.8. The number of piperidine rings is 1. The minimum atomic E-state index is -4.51. The van der Waals surface area contributed by atoms with Crippen LogP contribution in [0.5, 0.6) is 0 Å². The fraction of sp³-hybridized carbons (Fsp3) is 0.389. The van der Waals surface area contributed by atoms with E-state index in [1.54, 1.807) is 25.5 Å². The van der Waals surface area contributed by atoms with Crippen LogP contribution in [0.25, 0.3) is 10.9 Å². The van der Waals surface area contributed by atoms with Crippen molar-refractivity contribution in [2.24, 2.45) is 7.05 Å². The molecular weight excluding hydrogens is 387 g/mol. The Bertz CT molecular complexity index is 1090. The maximum Gasteiger partial charge on any atom is 0.433 e. The average Bonchev–Trinajstić information content (AvgIpc) is 2.71. The molecule has 29 heavy (non-hydrogen) atoms. The Morgan fingerprint density at radius 3 is 2.69 bits per heavy atom. The molecule has 1 fully saturated rings. The highest BCUT2D eigenvalue weighted by Crippen LogP contribution is 2.28. The van der Waals surface area contributed by atoms with Crippen molar-refractivity contribution >= 4 is 22.7 Å². The Morgan fingerprint density at radius 2 is 1.97 bits per heavy atom. The van der Waals surface area contributed by atoms with Gasteiger partial charge in [-0.25, -0.2) is 15.0 Å². The third-order valence-electron chi connectivity index (χ3n) is 4.94. The number of hydrogen-bond acceptors (Lipinski definition) is 7. The monoisotopic (exact) mass is 405 g/mol. The van der Waals surface area contributed by atoms with Gasteiger partial charge in [-0.15, -0.1) is 0 Å². The third kappa shape index (κ3) is 3.84. The Hall–Kier alpha value is -3.24. The van der Waals surface area contributed by atoms with Crippen LogP contribution in [-0.4, -0.2) is 43.6 Å². The lowest BCUT2D eigenvalue weighted by molar-refractivity contribution is -0.141. The molecule has 0 saturated carbocycles. The molecule has 0 aromatic carbocycles. The summed E-state index contributed by atoms with van der Waals surface area (Å²) in [4.78, 5) is 30.3. The van der Waals surface area contributed by atoms with Crippen LogP contribution < -0.4 is 15.8 Å². The van der Waals surface area contributed by atoms with E-state index in [9.17, 15) is 18.0 Å². The van der Waals surface area contributed by atoms with E-state index in [0.29, 0.717) is 42.8 Å². The smallest absolute Gasteiger partial charge is 0.367 e. The molecule has 0 amide bonds. The van der Waals surface area contributed by atoms with Crippen LogP contribution in [-0.2, 0) is 13.2 Å². The standard InChI is InChI=1S/C18H18F3N7O/c1-27-16(29)12-2-5-22-9-13(12)26-17(27)28-6-3-11(4-7-28)25-15-8-14(18(19,20)21)23-10-24-15/h2,5,8-11H,3-4,6-7H2,1H3,(H,23,24,25). The van der Waals surface area contributed by atoms with Gasteiger partial charge in [-0.3, -0.25) is 14.3 Å². The molecule has 1 N–H and O–H groups in total. The second-order valence-electron chi connectivity index (χ2n) is 6.86. The molecule has 0 aliphatic carbocycles. The van der Waals surface area contributed by atoms with Gasteiger partial charge in [0.05, 0.1) is 17.1 Å². The minimum absolute atomic E-state index is 0.0404. The van der Waals surface area contributed by atoms with Crippen molar-refractivity contribution in [1.82, 2.24) is 24.5 Å². The normalized spacial score (nSPS) is 15.7. The van der Waals surface area contributed by atoms with Crippen LogP contribution in [0.4, 0.5) is 24.9 Å². The Kier molecular flexibility index (Phi) is 4.81. The molecule has 0 unspecified atom stereocenters. The van der Waals surface area contributed by atoms with Crippen molar-refractivity contribution in [2.75, 3.05) is 23.3 Å². The van der Waals surface area contributed by atoms with Gasteiger partial charge in [0.25, 0.3) is 5.56 Å². The van der Waals surface area contributed by atoms with Crippen molar-refractivity contribution in [3.05, 3.63) is 46.9 Å². The van der Waals surface area contributed by atoms with Crippen LogP contribution in [0.2, 0.25) is 0 Å². The summed E-state index contributed by atoms with van der Waals surface area (Å²) in [6.45, 7) is 1.20. The van der Waals surface area contributed by atoms with Gasteiger partial charge in [0.1, 0.15) is 17.8 Å². The van der Waals surface area contributed by atoms with Crippen molar-refractivity contribution < 1.29 is 13.2 Å². The number of nitrogens with one attached hydrogen (secondary N) is 1. The predicted molar refractivity (Wildman–Crippen MR) is 101 cm³/mol. The predicted octanol–water partition coefficient (Wildman–Crippen LogP) is 2.22. The fourth-order valence-corrected chi connectivity index (χ4v) is 3.42. The zero-order valence-electron chi connectivity index (χ0n) is 15.5. The molecular formula is C18H18F3N7O. The van der Waals surface area contributed by atoms with Crippen molar-refractivity contribution in [3.8, 4) is 0 Å². The molecule has 0 radical (unpaired) electrons. The van der Waals surface area contributed by atoms with Crippen molar-refractivity contribution in [3.63, 3.8) is 0 Å². The molecule has 0 spiro atoms. The number of pyridine rings is 1. The number of alkyl halides is 3. The van der Waals surface area contributed by atoms with Gasteiger partial charge in [0.15, 0.2) is 0 Å². The lowest BCUT2D eigenvalue weighted by Crippen LogP contribution is -2.42. The molecule has 152 valence electrons. The average molecular weight is 405 g/mol. The van der Waals surface area contributed by atoms with Gasteiger partial charge < -0.3 is 10.2 Å². The van der Waals surface area contributed by atoms with Gasteiger partial charge in [-0.2, -0.15) is 13.2 Å². The summed E-state index contributed by atoms with van der Waals surface area (Å²) in [6.07, 6.45) is 0.827. The van der Waals surface area contributed by atoms with Gasteiger partial charge in [0, 0.05) is 38.4 Å². The highest BCUT2D eigenvalue weighted by molar-refractivity contribution is 5.77. The lowest BCUT2D eigenvalue weighted by Gasteiger charge is -2.34. The number of fused-ring (bicyclic) bond motifs is 1.